The van der Waals surface area contributed by atoms with Crippen LogP contribution in [-0.2, 0) is 6.54 Å². The Balaban J connectivity index is 1.81. The lowest BCUT2D eigenvalue weighted by Gasteiger charge is -2.10. The summed E-state index contributed by atoms with van der Waals surface area (Å²) < 4.78 is 0. The highest BCUT2D eigenvalue weighted by Gasteiger charge is 2.14. The van der Waals surface area contributed by atoms with Crippen LogP contribution in [0.3, 0.4) is 0 Å². The highest BCUT2D eigenvalue weighted by Crippen LogP contribution is 2.25. The van der Waals surface area contributed by atoms with Gasteiger partial charge in [0.2, 0.25) is 0 Å². The molecule has 4 N–H and O–H groups in total. The van der Waals surface area contributed by atoms with E-state index in [0.717, 1.165) is 0 Å². The zero-order valence-electron chi connectivity index (χ0n) is 15.4. The van der Waals surface area contributed by atoms with E-state index in [4.69, 9.17) is 28.9 Å². The van der Waals surface area contributed by atoms with Gasteiger partial charge >= 0.3 is 0 Å². The lowest BCUT2D eigenvalue weighted by molar-refractivity contribution is 0.0945. The van der Waals surface area contributed by atoms with Gasteiger partial charge in [-0.15, -0.1) is 0 Å². The molecule has 0 atom stereocenters. The summed E-state index contributed by atoms with van der Waals surface area (Å²) in [5, 5.41) is 6.10. The van der Waals surface area contributed by atoms with Crippen molar-refractivity contribution in [1.29, 1.82) is 0 Å². The van der Waals surface area contributed by atoms with Gasteiger partial charge in [0.25, 0.3) is 11.8 Å². The number of rotatable bonds is 5. The number of nitrogens with one attached hydrogen (secondary N) is 2. The smallest absolute Gasteiger partial charge is 0.273 e. The molecule has 2 amide bonds. The van der Waals surface area contributed by atoms with E-state index in [2.05, 4.69) is 20.6 Å². The van der Waals surface area contributed by atoms with Gasteiger partial charge in [0.05, 0.1) is 21.9 Å². The van der Waals surface area contributed by atoms with Crippen LogP contribution in [0.2, 0.25) is 10.0 Å². The Morgan fingerprint density at radius 3 is 2.62 bits per heavy atom. The number of aromatic nitrogens is 2. The number of nitrogens with two attached hydrogens (primary N) is 1. The Morgan fingerprint density at radius 2 is 1.86 bits per heavy atom. The maximum Gasteiger partial charge on any atom is 0.273 e. The van der Waals surface area contributed by atoms with Crippen molar-refractivity contribution in [3.63, 3.8) is 0 Å². The maximum atomic E-state index is 12.6. The Morgan fingerprint density at radius 1 is 1.10 bits per heavy atom. The summed E-state index contributed by atoms with van der Waals surface area (Å²) >= 11 is 12.1. The maximum absolute atomic E-state index is 12.6. The highest BCUT2D eigenvalue weighted by molar-refractivity contribution is 6.42. The molecule has 29 heavy (non-hydrogen) atoms. The fourth-order valence-corrected chi connectivity index (χ4v) is 2.99. The van der Waals surface area contributed by atoms with Gasteiger partial charge in [0, 0.05) is 24.7 Å². The lowest BCUT2D eigenvalue weighted by atomic mass is 10.1. The van der Waals surface area contributed by atoms with Crippen LogP contribution in [0.1, 0.15) is 26.4 Å². The monoisotopic (exact) mass is 429 g/mol. The minimum Gasteiger partial charge on any atom is -0.382 e. The predicted octanol–water partition coefficient (Wildman–Crippen LogP) is 3.32. The van der Waals surface area contributed by atoms with E-state index in [9.17, 15) is 9.59 Å². The molecule has 0 aliphatic rings. The van der Waals surface area contributed by atoms with E-state index >= 15 is 0 Å². The van der Waals surface area contributed by atoms with Crippen molar-refractivity contribution < 1.29 is 9.59 Å². The first-order valence-electron chi connectivity index (χ1n) is 8.57. The zero-order valence-corrected chi connectivity index (χ0v) is 16.9. The van der Waals surface area contributed by atoms with Crippen molar-refractivity contribution in [3.8, 4) is 11.3 Å². The summed E-state index contributed by atoms with van der Waals surface area (Å²) in [6, 6.07) is 12.0. The zero-order chi connectivity index (χ0) is 21.0. The Labute approximate surface area is 177 Å². The van der Waals surface area contributed by atoms with Crippen LogP contribution in [0.25, 0.3) is 11.3 Å². The molecule has 2 aromatic carbocycles. The summed E-state index contributed by atoms with van der Waals surface area (Å²) in [7, 11) is 1.48. The first kappa shape index (κ1) is 20.6. The average molecular weight is 430 g/mol. The fraction of sp³-hybridized carbons (Fsp3) is 0.100. The highest BCUT2D eigenvalue weighted by atomic mass is 35.5. The molecule has 1 aromatic heterocycles. The summed E-state index contributed by atoms with van der Waals surface area (Å²) in [5.41, 5.74) is 7.92. The van der Waals surface area contributed by atoms with Gasteiger partial charge < -0.3 is 16.4 Å². The van der Waals surface area contributed by atoms with Crippen LogP contribution in [0, 0.1) is 0 Å². The molecular formula is C20H17Cl2N5O2. The quantitative estimate of drug-likeness (QED) is 0.575. The second kappa shape index (κ2) is 8.89. The van der Waals surface area contributed by atoms with E-state index in [-0.39, 0.29) is 24.0 Å². The first-order valence-corrected chi connectivity index (χ1v) is 9.32. The number of carbonyl (C=O) groups is 2. The second-order valence-corrected chi connectivity index (χ2v) is 6.83. The van der Waals surface area contributed by atoms with Gasteiger partial charge in [-0.25, -0.2) is 9.97 Å². The van der Waals surface area contributed by atoms with Gasteiger partial charge in [-0.05, 0) is 23.8 Å². The lowest BCUT2D eigenvalue weighted by Crippen LogP contribution is -2.23. The standard InChI is InChI=1S/C20H17Cl2N5O2/c1-24-20(29)17-18(23)25-10-15(27-17)11-4-2-5-12(8-11)19(28)26-9-13-6-3-7-14(21)16(13)22/h2-8,10H,9H2,1H3,(H2,23,25)(H,24,29)(H,26,28). The van der Waals surface area contributed by atoms with Crippen LogP contribution in [-0.4, -0.2) is 28.8 Å². The molecule has 0 aliphatic heterocycles. The fourth-order valence-electron chi connectivity index (χ4n) is 2.61. The van der Waals surface area contributed by atoms with E-state index < -0.39 is 5.91 Å². The van der Waals surface area contributed by atoms with Crippen molar-refractivity contribution in [2.75, 3.05) is 12.8 Å². The topological polar surface area (TPSA) is 110 Å². The summed E-state index contributed by atoms with van der Waals surface area (Å²) in [6.45, 7) is 0.227. The van der Waals surface area contributed by atoms with Crippen LogP contribution >= 0.6 is 23.2 Å². The average Bonchev–Trinajstić information content (AvgIpc) is 2.74. The number of hydrogen-bond donors (Lipinski definition) is 3. The molecule has 9 heteroatoms. The second-order valence-electron chi connectivity index (χ2n) is 6.04. The number of benzene rings is 2. The molecule has 148 valence electrons. The number of hydrogen-bond acceptors (Lipinski definition) is 5. The van der Waals surface area contributed by atoms with Gasteiger partial charge in [0.15, 0.2) is 11.5 Å². The van der Waals surface area contributed by atoms with Gasteiger partial charge in [-0.2, -0.15) is 0 Å². The summed E-state index contributed by atoms with van der Waals surface area (Å²) in [5.74, 6) is -0.706. The molecule has 0 saturated heterocycles. The number of amides is 2. The molecule has 0 saturated carbocycles. The Hall–Kier alpha value is -3.16. The Kier molecular flexibility index (Phi) is 6.31. The van der Waals surface area contributed by atoms with Crippen LogP contribution in [0.4, 0.5) is 5.82 Å². The van der Waals surface area contributed by atoms with Crippen molar-refractivity contribution >= 4 is 40.8 Å². The third-order valence-electron chi connectivity index (χ3n) is 4.13. The normalized spacial score (nSPS) is 10.4. The number of nitrogen functional groups attached to an aromatic ring is 1. The third kappa shape index (κ3) is 4.64. The molecule has 1 heterocycles. The predicted molar refractivity (Wildman–Crippen MR) is 113 cm³/mol. The van der Waals surface area contributed by atoms with Crippen molar-refractivity contribution in [3.05, 3.63) is 75.5 Å². The molecule has 0 spiro atoms. The van der Waals surface area contributed by atoms with Crippen molar-refractivity contribution in [2.45, 2.75) is 6.54 Å². The SMILES string of the molecule is CNC(=O)c1nc(-c2cccc(C(=O)NCc3cccc(Cl)c3Cl)c2)cnc1N. The molecule has 7 nitrogen and oxygen atoms in total. The molecule has 3 rings (SSSR count). The summed E-state index contributed by atoms with van der Waals surface area (Å²) in [4.78, 5) is 32.7. The largest absolute Gasteiger partial charge is 0.382 e. The first-order chi connectivity index (χ1) is 13.9. The van der Waals surface area contributed by atoms with Gasteiger partial charge in [0.1, 0.15) is 0 Å². The van der Waals surface area contributed by atoms with Gasteiger partial charge in [-0.1, -0.05) is 47.5 Å². The molecular weight excluding hydrogens is 413 g/mol. The molecule has 3 aromatic rings. The number of halogens is 2. The van der Waals surface area contributed by atoms with E-state index in [0.29, 0.717) is 32.4 Å². The van der Waals surface area contributed by atoms with E-state index in [1.165, 1.54) is 13.2 Å². The molecule has 0 aliphatic carbocycles. The Bertz CT molecular complexity index is 1090. The number of anilines is 1. The minimum atomic E-state index is -0.441. The van der Waals surface area contributed by atoms with Crippen LogP contribution < -0.4 is 16.4 Å². The number of carbonyl (C=O) groups excluding carboxylic acids is 2. The van der Waals surface area contributed by atoms with E-state index in [1.807, 2.05) is 0 Å². The van der Waals surface area contributed by atoms with Crippen LogP contribution in [0.15, 0.2) is 48.7 Å². The van der Waals surface area contributed by atoms with E-state index in [1.54, 1.807) is 42.5 Å². The molecule has 0 radical (unpaired) electrons. The molecule has 0 unspecified atom stereocenters. The third-order valence-corrected chi connectivity index (χ3v) is 4.99. The van der Waals surface area contributed by atoms with Gasteiger partial charge in [-0.3, -0.25) is 9.59 Å². The minimum absolute atomic E-state index is 0.0236. The summed E-state index contributed by atoms with van der Waals surface area (Å²) in [6.07, 6.45) is 1.45. The van der Waals surface area contributed by atoms with Crippen molar-refractivity contribution in [2.24, 2.45) is 0 Å². The molecule has 0 fully saturated rings. The van der Waals surface area contributed by atoms with Crippen molar-refractivity contribution in [1.82, 2.24) is 20.6 Å². The molecule has 0 bridgehead atoms. The van der Waals surface area contributed by atoms with Crippen LogP contribution in [0.5, 0.6) is 0 Å². The number of nitrogens with zero attached hydrogens (tertiary/aromatic N) is 2.